The summed E-state index contributed by atoms with van der Waals surface area (Å²) in [4.78, 5) is 29.8. The van der Waals surface area contributed by atoms with E-state index in [1.807, 2.05) is 48.3 Å². The zero-order valence-corrected chi connectivity index (χ0v) is 22.7. The van der Waals surface area contributed by atoms with Crippen molar-refractivity contribution in [3.63, 3.8) is 0 Å². The van der Waals surface area contributed by atoms with Gasteiger partial charge in [0.1, 0.15) is 31.1 Å². The predicted octanol–water partition coefficient (Wildman–Crippen LogP) is 4.21. The Labute approximate surface area is 236 Å². The van der Waals surface area contributed by atoms with Crippen LogP contribution in [-0.4, -0.2) is 70.8 Å². The molecule has 2 aromatic carbocycles. The first-order valence-corrected chi connectivity index (χ1v) is 13.2. The number of aliphatic hydroxyl groups excluding tert-OH is 1. The van der Waals surface area contributed by atoms with Gasteiger partial charge >= 0.3 is 0 Å². The lowest BCUT2D eigenvalue weighted by Gasteiger charge is -2.30. The van der Waals surface area contributed by atoms with E-state index in [2.05, 4.69) is 20.3 Å². The number of benzene rings is 2. The van der Waals surface area contributed by atoms with Crippen molar-refractivity contribution in [1.29, 1.82) is 0 Å². The molecule has 40 heavy (non-hydrogen) atoms. The van der Waals surface area contributed by atoms with Crippen molar-refractivity contribution >= 4 is 45.6 Å². The number of hydrogen-bond donors (Lipinski definition) is 2. The van der Waals surface area contributed by atoms with E-state index in [0.29, 0.717) is 77.5 Å². The number of nitrogens with zero attached hydrogens (tertiary/aromatic N) is 5. The highest BCUT2D eigenvalue weighted by atomic mass is 35.5. The Morgan fingerprint density at radius 3 is 2.92 bits per heavy atom. The molecule has 0 atom stereocenters. The number of ether oxygens (including phenoxy) is 2. The van der Waals surface area contributed by atoms with E-state index >= 15 is 0 Å². The lowest BCUT2D eigenvalue weighted by Crippen LogP contribution is -2.37. The molecule has 1 aliphatic heterocycles. The van der Waals surface area contributed by atoms with Crippen LogP contribution in [0.2, 0.25) is 5.02 Å². The molecule has 0 saturated carbocycles. The molecule has 0 aliphatic carbocycles. The van der Waals surface area contributed by atoms with Crippen LogP contribution in [0.3, 0.4) is 0 Å². The average molecular weight is 561 g/mol. The monoisotopic (exact) mass is 560 g/mol. The second kappa shape index (κ2) is 12.7. The van der Waals surface area contributed by atoms with E-state index in [1.54, 1.807) is 35.4 Å². The summed E-state index contributed by atoms with van der Waals surface area (Å²) in [6, 6.07) is 14.7. The summed E-state index contributed by atoms with van der Waals surface area (Å²) < 4.78 is 11.9. The molecule has 2 aromatic heterocycles. The minimum absolute atomic E-state index is 0.0662. The van der Waals surface area contributed by atoms with Gasteiger partial charge in [-0.2, -0.15) is 0 Å². The van der Waals surface area contributed by atoms with Crippen molar-refractivity contribution in [2.45, 2.75) is 6.61 Å². The number of nitrogens with one attached hydrogen (secondary N) is 1. The van der Waals surface area contributed by atoms with Crippen molar-refractivity contribution in [2.75, 3.05) is 50.1 Å². The summed E-state index contributed by atoms with van der Waals surface area (Å²) in [6.07, 6.45) is 6.53. The lowest BCUT2D eigenvalue weighted by molar-refractivity contribution is -0.114. The van der Waals surface area contributed by atoms with Crippen molar-refractivity contribution in [2.24, 2.45) is 0 Å². The van der Waals surface area contributed by atoms with Gasteiger partial charge < -0.3 is 29.7 Å². The predicted molar refractivity (Wildman–Crippen MR) is 154 cm³/mol. The number of aliphatic hydroxyl groups is 1. The second-order valence-corrected chi connectivity index (χ2v) is 9.54. The third kappa shape index (κ3) is 6.31. The Balaban J connectivity index is 1.37. The highest BCUT2D eigenvalue weighted by molar-refractivity contribution is 6.32. The number of likely N-dealkylation sites (N-methyl/N-ethyl adjacent to an activating group) is 1. The summed E-state index contributed by atoms with van der Waals surface area (Å²) in [6.45, 7) is 2.21. The summed E-state index contributed by atoms with van der Waals surface area (Å²) in [7, 11) is 1.88. The summed E-state index contributed by atoms with van der Waals surface area (Å²) in [5.41, 5.74) is 2.82. The molecule has 3 heterocycles. The number of aromatic nitrogens is 3. The molecule has 0 bridgehead atoms. The van der Waals surface area contributed by atoms with Crippen molar-refractivity contribution < 1.29 is 19.4 Å². The number of carbonyl (C=O) groups is 1. The van der Waals surface area contributed by atoms with Gasteiger partial charge in [-0.15, -0.1) is 0 Å². The number of carbonyl (C=O) groups excluding carboxylic acids is 1. The summed E-state index contributed by atoms with van der Waals surface area (Å²) in [5.74, 6) is 1.44. The van der Waals surface area contributed by atoms with Crippen molar-refractivity contribution in [3.8, 4) is 11.5 Å². The minimum Gasteiger partial charge on any atom is -0.489 e. The van der Waals surface area contributed by atoms with Crippen LogP contribution in [0, 0.1) is 0 Å². The quantitative estimate of drug-likeness (QED) is 0.275. The van der Waals surface area contributed by atoms with Gasteiger partial charge in [-0.3, -0.25) is 9.78 Å². The zero-order valence-electron chi connectivity index (χ0n) is 22.0. The molecule has 1 amide bonds. The maximum Gasteiger partial charge on any atom is 0.250 e. The van der Waals surface area contributed by atoms with E-state index < -0.39 is 0 Å². The Hall–Kier alpha value is -4.25. The first kappa shape index (κ1) is 27.3. The van der Waals surface area contributed by atoms with Gasteiger partial charge in [0.2, 0.25) is 0 Å². The third-order valence-corrected chi connectivity index (χ3v) is 6.60. The molecule has 4 aromatic rings. The van der Waals surface area contributed by atoms with Gasteiger partial charge in [0.15, 0.2) is 5.75 Å². The first-order valence-electron chi connectivity index (χ1n) is 12.8. The van der Waals surface area contributed by atoms with Crippen LogP contribution in [0.5, 0.6) is 11.5 Å². The Morgan fingerprint density at radius 2 is 2.12 bits per heavy atom. The van der Waals surface area contributed by atoms with Gasteiger partial charge in [-0.25, -0.2) is 9.97 Å². The van der Waals surface area contributed by atoms with Crippen molar-refractivity contribution in [1.82, 2.24) is 19.9 Å². The lowest BCUT2D eigenvalue weighted by atomic mass is 10.1. The van der Waals surface area contributed by atoms with Crippen LogP contribution in [0.4, 0.5) is 17.2 Å². The molecular weight excluding hydrogens is 532 g/mol. The van der Waals surface area contributed by atoms with Crippen LogP contribution >= 0.6 is 11.6 Å². The Bertz CT molecular complexity index is 1520. The maximum atomic E-state index is 13.1. The van der Waals surface area contributed by atoms with Gasteiger partial charge in [0, 0.05) is 31.0 Å². The van der Waals surface area contributed by atoms with E-state index in [9.17, 15) is 4.79 Å². The minimum atomic E-state index is -0.152. The molecule has 0 unspecified atom stereocenters. The van der Waals surface area contributed by atoms with Crippen LogP contribution in [0.25, 0.3) is 10.9 Å². The standard InChI is InChI=1S/C29H29ClN6O4/c1-35(13-15-37)12-4-6-26(38)36-14-16-39-28-24(36)9-8-23-27(28)29(33-19-32-23)34-20-7-10-25(22(30)17-20)40-18-21-5-2-3-11-31-21/h2-11,17,19,37H,12-16,18H2,1H3,(H,32,33,34)/b6-4+. The number of pyridine rings is 1. The first-order chi connectivity index (χ1) is 19.5. The number of rotatable bonds is 10. The van der Waals surface area contributed by atoms with Gasteiger partial charge in [-0.05, 0) is 49.5 Å². The SMILES string of the molecule is CN(C/C=C/C(=O)N1CCOc2c1ccc1ncnc(Nc3ccc(OCc4ccccn4)c(Cl)c3)c21)CCO. The number of amides is 1. The second-order valence-electron chi connectivity index (χ2n) is 9.14. The number of anilines is 3. The topological polar surface area (TPSA) is 113 Å². The average Bonchev–Trinajstić information content (AvgIpc) is 2.97. The molecule has 1 aliphatic rings. The number of halogens is 1. The molecule has 2 N–H and O–H groups in total. The van der Waals surface area contributed by atoms with Crippen molar-refractivity contribution in [3.05, 3.63) is 83.9 Å². The van der Waals surface area contributed by atoms with Gasteiger partial charge in [0.25, 0.3) is 5.91 Å². The maximum absolute atomic E-state index is 13.1. The molecule has 11 heteroatoms. The summed E-state index contributed by atoms with van der Waals surface area (Å²) >= 11 is 6.52. The van der Waals surface area contributed by atoms with Gasteiger partial charge in [0.05, 0.1) is 40.5 Å². The number of fused-ring (bicyclic) bond motifs is 3. The zero-order chi connectivity index (χ0) is 27.9. The fourth-order valence-corrected chi connectivity index (χ4v) is 4.54. The highest BCUT2D eigenvalue weighted by Gasteiger charge is 2.26. The van der Waals surface area contributed by atoms with E-state index in [0.717, 1.165) is 5.69 Å². The highest BCUT2D eigenvalue weighted by Crippen LogP contribution is 2.41. The molecule has 0 radical (unpaired) electrons. The van der Waals surface area contributed by atoms with Crippen LogP contribution in [0.1, 0.15) is 5.69 Å². The molecule has 0 fully saturated rings. The molecule has 0 spiro atoms. The smallest absolute Gasteiger partial charge is 0.250 e. The van der Waals surface area contributed by atoms with Crippen LogP contribution in [0.15, 0.2) is 73.2 Å². The Kier molecular flexibility index (Phi) is 8.70. The van der Waals surface area contributed by atoms with Crippen LogP contribution < -0.4 is 19.7 Å². The van der Waals surface area contributed by atoms with Crippen LogP contribution in [-0.2, 0) is 11.4 Å². The molecule has 10 nitrogen and oxygen atoms in total. The number of hydrogen-bond acceptors (Lipinski definition) is 9. The fourth-order valence-electron chi connectivity index (χ4n) is 4.31. The normalized spacial score (nSPS) is 12.9. The Morgan fingerprint density at radius 1 is 1.23 bits per heavy atom. The molecule has 206 valence electrons. The largest absolute Gasteiger partial charge is 0.489 e. The van der Waals surface area contributed by atoms with E-state index in [1.165, 1.54) is 6.33 Å². The van der Waals surface area contributed by atoms with E-state index in [4.69, 9.17) is 26.2 Å². The molecular formula is C29H29ClN6O4. The molecule has 5 rings (SSSR count). The molecule has 0 saturated heterocycles. The third-order valence-electron chi connectivity index (χ3n) is 6.31. The summed E-state index contributed by atoms with van der Waals surface area (Å²) in [5, 5.41) is 13.5. The van der Waals surface area contributed by atoms with Gasteiger partial charge in [-0.1, -0.05) is 23.7 Å². The van der Waals surface area contributed by atoms with E-state index in [-0.39, 0.29) is 12.5 Å². The fraction of sp³-hybridized carbons (Fsp3) is 0.241.